The molecule has 2 aromatic heterocycles. The fourth-order valence-electron chi connectivity index (χ4n) is 3.35. The molecule has 4 aromatic rings. The molecule has 168 valence electrons. The van der Waals surface area contributed by atoms with Crippen molar-refractivity contribution in [2.24, 2.45) is 0 Å². The average molecular weight is 461 g/mol. The van der Waals surface area contributed by atoms with Gasteiger partial charge in [0.2, 0.25) is 5.91 Å². The third kappa shape index (κ3) is 5.78. The van der Waals surface area contributed by atoms with E-state index in [1.54, 1.807) is 25.3 Å². The molecular weight excluding hydrogens is 436 g/mol. The number of amides is 1. The summed E-state index contributed by atoms with van der Waals surface area (Å²) in [7, 11) is 0. The van der Waals surface area contributed by atoms with Gasteiger partial charge in [0.15, 0.2) is 5.16 Å². The van der Waals surface area contributed by atoms with E-state index in [1.165, 1.54) is 11.8 Å². The van der Waals surface area contributed by atoms with Gasteiger partial charge in [0, 0.05) is 6.20 Å². The van der Waals surface area contributed by atoms with Crippen molar-refractivity contribution in [1.29, 1.82) is 0 Å². The Hall–Kier alpha value is -3.65. The molecule has 0 aliphatic heterocycles. The molecule has 0 bridgehead atoms. The monoisotopic (exact) mass is 460 g/mol. The molecule has 0 fully saturated rings. The normalized spacial score (nSPS) is 10.8. The van der Waals surface area contributed by atoms with Gasteiger partial charge < -0.3 is 14.6 Å². The van der Waals surface area contributed by atoms with Crippen molar-refractivity contribution in [2.45, 2.75) is 25.2 Å². The first-order valence-electron chi connectivity index (χ1n) is 10.6. The lowest BCUT2D eigenvalue weighted by Crippen LogP contribution is -2.25. The number of thioether (sulfide) groups is 1. The minimum Gasteiger partial charge on any atom is -0.462 e. The zero-order chi connectivity index (χ0) is 23.0. The Bertz CT molecular complexity index is 1240. The van der Waals surface area contributed by atoms with E-state index < -0.39 is 0 Å². The van der Waals surface area contributed by atoms with Gasteiger partial charge in [-0.2, -0.15) is 0 Å². The van der Waals surface area contributed by atoms with Crippen LogP contribution in [0.1, 0.15) is 28.5 Å². The van der Waals surface area contributed by atoms with Gasteiger partial charge in [-0.05, 0) is 42.8 Å². The van der Waals surface area contributed by atoms with Gasteiger partial charge >= 0.3 is 5.97 Å². The van der Waals surface area contributed by atoms with E-state index in [0.717, 1.165) is 16.8 Å². The molecule has 0 atom stereocenters. The fraction of sp³-hybridized carbons (Fsp3) is 0.200. The first-order chi connectivity index (χ1) is 16.1. The van der Waals surface area contributed by atoms with Crippen LogP contribution < -0.4 is 5.32 Å². The summed E-state index contributed by atoms with van der Waals surface area (Å²) in [5, 5.41) is 3.60. The second-order valence-electron chi connectivity index (χ2n) is 7.28. The number of fused-ring (bicyclic) bond motifs is 1. The van der Waals surface area contributed by atoms with E-state index in [4.69, 9.17) is 9.72 Å². The fourth-order valence-corrected chi connectivity index (χ4v) is 4.19. The van der Waals surface area contributed by atoms with Crippen molar-refractivity contribution in [1.82, 2.24) is 19.9 Å². The molecule has 0 unspecified atom stereocenters. The summed E-state index contributed by atoms with van der Waals surface area (Å²) in [6.45, 7) is 3.07. The first-order valence-corrected chi connectivity index (χ1v) is 11.6. The molecule has 2 aromatic carbocycles. The van der Waals surface area contributed by atoms with Crippen LogP contribution in [0.15, 0.2) is 78.1 Å². The highest BCUT2D eigenvalue weighted by molar-refractivity contribution is 7.99. The first kappa shape index (κ1) is 22.5. The Labute approximate surface area is 196 Å². The van der Waals surface area contributed by atoms with E-state index in [0.29, 0.717) is 35.9 Å². The lowest BCUT2D eigenvalue weighted by Gasteiger charge is -2.10. The maximum Gasteiger partial charge on any atom is 0.338 e. The molecule has 2 heterocycles. The Balaban J connectivity index is 1.54. The molecular formula is C25H24N4O3S. The number of carbonyl (C=O) groups excluding carboxylic acids is 2. The number of nitrogens with one attached hydrogen (secondary N) is 1. The van der Waals surface area contributed by atoms with Crippen molar-refractivity contribution in [3.8, 4) is 0 Å². The number of rotatable bonds is 9. The van der Waals surface area contributed by atoms with Crippen LogP contribution in [0.3, 0.4) is 0 Å². The largest absolute Gasteiger partial charge is 0.462 e. The van der Waals surface area contributed by atoms with E-state index in [-0.39, 0.29) is 17.6 Å². The number of pyridine rings is 1. The standard InChI is InChI=1S/C25H24N4O3S/c1-2-32-24(31)19-11-12-22-21(14-19)28-25(29(22)16-18-8-4-3-5-9-18)33-17-23(30)27-15-20-10-6-7-13-26-20/h3-14H,2,15-17H2,1H3,(H,27,30). The van der Waals surface area contributed by atoms with Crippen LogP contribution in [0.2, 0.25) is 0 Å². The van der Waals surface area contributed by atoms with Crippen molar-refractivity contribution in [3.05, 3.63) is 89.7 Å². The molecule has 8 heteroatoms. The highest BCUT2D eigenvalue weighted by Gasteiger charge is 2.16. The Morgan fingerprint density at radius 2 is 1.88 bits per heavy atom. The van der Waals surface area contributed by atoms with E-state index in [1.807, 2.05) is 54.6 Å². The van der Waals surface area contributed by atoms with Crippen molar-refractivity contribution < 1.29 is 14.3 Å². The summed E-state index contributed by atoms with van der Waals surface area (Å²) < 4.78 is 7.18. The molecule has 0 aliphatic carbocycles. The Morgan fingerprint density at radius 1 is 1.06 bits per heavy atom. The summed E-state index contributed by atoms with van der Waals surface area (Å²) >= 11 is 1.36. The average Bonchev–Trinajstić information content (AvgIpc) is 3.19. The number of hydrogen-bond acceptors (Lipinski definition) is 6. The second kappa shape index (κ2) is 10.8. The molecule has 4 rings (SSSR count). The van der Waals surface area contributed by atoms with Crippen molar-refractivity contribution in [3.63, 3.8) is 0 Å². The summed E-state index contributed by atoms with van der Waals surface area (Å²) in [5.74, 6) is -0.258. The number of carbonyl (C=O) groups is 2. The lowest BCUT2D eigenvalue weighted by molar-refractivity contribution is -0.118. The molecule has 7 nitrogen and oxygen atoms in total. The van der Waals surface area contributed by atoms with Crippen LogP contribution in [0, 0.1) is 0 Å². The van der Waals surface area contributed by atoms with Gasteiger partial charge in [0.1, 0.15) is 0 Å². The number of hydrogen-bond donors (Lipinski definition) is 1. The van der Waals surface area contributed by atoms with Gasteiger partial charge in [-0.15, -0.1) is 0 Å². The van der Waals surface area contributed by atoms with E-state index in [2.05, 4.69) is 14.9 Å². The predicted molar refractivity (Wildman–Crippen MR) is 128 cm³/mol. The van der Waals surface area contributed by atoms with Crippen molar-refractivity contribution in [2.75, 3.05) is 12.4 Å². The van der Waals surface area contributed by atoms with E-state index in [9.17, 15) is 9.59 Å². The highest BCUT2D eigenvalue weighted by atomic mass is 32.2. The third-order valence-corrected chi connectivity index (χ3v) is 5.91. The number of aromatic nitrogens is 3. The van der Waals surface area contributed by atoms with Gasteiger partial charge in [-0.3, -0.25) is 9.78 Å². The predicted octanol–water partition coefficient (Wildman–Crippen LogP) is 4.06. The SMILES string of the molecule is CCOC(=O)c1ccc2c(c1)nc(SCC(=O)NCc1ccccn1)n2Cc1ccccc1. The van der Waals surface area contributed by atoms with Gasteiger partial charge in [-0.25, -0.2) is 9.78 Å². The van der Waals surface area contributed by atoms with Crippen LogP contribution >= 0.6 is 11.8 Å². The number of imidazole rings is 1. The Kier molecular flexibility index (Phi) is 7.36. The number of benzene rings is 2. The number of esters is 1. The quantitative estimate of drug-likeness (QED) is 0.299. The van der Waals surface area contributed by atoms with Crippen LogP contribution in [0.5, 0.6) is 0 Å². The van der Waals surface area contributed by atoms with Gasteiger partial charge in [0.05, 0.1) is 47.7 Å². The Morgan fingerprint density at radius 3 is 2.64 bits per heavy atom. The molecule has 1 N–H and O–H groups in total. The second-order valence-corrected chi connectivity index (χ2v) is 8.22. The van der Waals surface area contributed by atoms with Gasteiger partial charge in [-0.1, -0.05) is 48.2 Å². The molecule has 0 radical (unpaired) electrons. The topological polar surface area (TPSA) is 86.1 Å². The zero-order valence-corrected chi connectivity index (χ0v) is 19.0. The summed E-state index contributed by atoms with van der Waals surface area (Å²) in [4.78, 5) is 33.5. The highest BCUT2D eigenvalue weighted by Crippen LogP contribution is 2.26. The molecule has 0 spiro atoms. The smallest absolute Gasteiger partial charge is 0.338 e. The summed E-state index contributed by atoms with van der Waals surface area (Å²) in [6, 6.07) is 21.0. The van der Waals surface area contributed by atoms with Crippen LogP contribution in [-0.2, 0) is 22.6 Å². The van der Waals surface area contributed by atoms with Crippen LogP contribution in [0.4, 0.5) is 0 Å². The van der Waals surface area contributed by atoms with E-state index >= 15 is 0 Å². The summed E-state index contributed by atoms with van der Waals surface area (Å²) in [5.41, 5.74) is 3.96. The minimum atomic E-state index is -0.375. The van der Waals surface area contributed by atoms with Gasteiger partial charge in [0.25, 0.3) is 0 Å². The maximum absolute atomic E-state index is 12.4. The summed E-state index contributed by atoms with van der Waals surface area (Å²) in [6.07, 6.45) is 1.70. The zero-order valence-electron chi connectivity index (χ0n) is 18.2. The molecule has 0 saturated heterocycles. The van der Waals surface area contributed by atoms with Crippen LogP contribution in [-0.4, -0.2) is 38.8 Å². The lowest BCUT2D eigenvalue weighted by atomic mass is 10.2. The third-order valence-electron chi connectivity index (χ3n) is 4.93. The maximum atomic E-state index is 12.4. The van der Waals surface area contributed by atoms with Crippen LogP contribution in [0.25, 0.3) is 11.0 Å². The number of ether oxygens (including phenoxy) is 1. The van der Waals surface area contributed by atoms with Crippen molar-refractivity contribution >= 4 is 34.7 Å². The molecule has 33 heavy (non-hydrogen) atoms. The molecule has 0 aliphatic rings. The molecule has 1 amide bonds. The molecule has 0 saturated carbocycles. The minimum absolute atomic E-state index is 0.101. The number of nitrogens with zero attached hydrogens (tertiary/aromatic N) is 3.